The summed E-state index contributed by atoms with van der Waals surface area (Å²) in [6, 6.07) is 14.0. The molecular weight excluding hydrogens is 354 g/mol. The molecule has 0 aromatic heterocycles. The van der Waals surface area contributed by atoms with Crippen molar-refractivity contribution >= 4 is 17.6 Å². The zero-order valence-electron chi connectivity index (χ0n) is 16.3. The van der Waals surface area contributed by atoms with Crippen LogP contribution in [-0.4, -0.2) is 38.6 Å². The number of rotatable bonds is 6. The van der Waals surface area contributed by atoms with Gasteiger partial charge in [-0.25, -0.2) is 10.0 Å². The first-order valence-electron chi connectivity index (χ1n) is 9.23. The predicted octanol–water partition coefficient (Wildman–Crippen LogP) is 4.11. The molecule has 0 bridgehead atoms. The smallest absolute Gasteiger partial charge is 0.161 e. The number of ether oxygens (including phenoxy) is 3. The van der Waals surface area contributed by atoms with Crippen molar-refractivity contribution in [3.63, 3.8) is 0 Å². The highest BCUT2D eigenvalue weighted by atomic mass is 16.5. The molecule has 0 amide bonds. The van der Waals surface area contributed by atoms with Crippen LogP contribution < -0.4 is 19.2 Å². The minimum Gasteiger partial charge on any atom is -0.493 e. The molecule has 0 saturated heterocycles. The van der Waals surface area contributed by atoms with E-state index in [1.165, 1.54) is 0 Å². The molecule has 2 heterocycles. The summed E-state index contributed by atoms with van der Waals surface area (Å²) in [5.74, 6) is 3.13. The lowest BCUT2D eigenvalue weighted by Gasteiger charge is -2.36. The van der Waals surface area contributed by atoms with Crippen molar-refractivity contribution in [3.8, 4) is 17.2 Å². The fourth-order valence-electron chi connectivity index (χ4n) is 3.44. The van der Waals surface area contributed by atoms with E-state index in [9.17, 15) is 0 Å². The molecule has 6 nitrogen and oxygen atoms in total. The number of methoxy groups -OCH3 is 2. The average Bonchev–Trinajstić information content (AvgIpc) is 3.18. The second kappa shape index (κ2) is 7.68. The van der Waals surface area contributed by atoms with Gasteiger partial charge in [-0.2, -0.15) is 0 Å². The van der Waals surface area contributed by atoms with E-state index >= 15 is 0 Å². The molecule has 2 aliphatic rings. The van der Waals surface area contributed by atoms with Crippen LogP contribution in [-0.2, 0) is 0 Å². The molecule has 0 fully saturated rings. The molecule has 0 unspecified atom stereocenters. The van der Waals surface area contributed by atoms with Crippen LogP contribution in [0.3, 0.4) is 0 Å². The van der Waals surface area contributed by atoms with Crippen molar-refractivity contribution < 1.29 is 14.2 Å². The van der Waals surface area contributed by atoms with Gasteiger partial charge in [-0.3, -0.25) is 5.01 Å². The molecule has 0 radical (unpaired) electrons. The van der Waals surface area contributed by atoms with Gasteiger partial charge in [-0.05, 0) is 49.4 Å². The number of aliphatic imine (C=N–C) groups is 1. The summed E-state index contributed by atoms with van der Waals surface area (Å²) in [4.78, 5) is 4.54. The van der Waals surface area contributed by atoms with Crippen molar-refractivity contribution in [2.75, 3.05) is 32.4 Å². The monoisotopic (exact) mass is 377 g/mol. The van der Waals surface area contributed by atoms with Crippen molar-refractivity contribution in [1.29, 1.82) is 0 Å². The Labute approximate surface area is 164 Å². The highest BCUT2D eigenvalue weighted by Gasteiger charge is 2.31. The van der Waals surface area contributed by atoms with E-state index in [2.05, 4.69) is 27.2 Å². The Bertz CT molecular complexity index is 965. The third kappa shape index (κ3) is 3.07. The van der Waals surface area contributed by atoms with Crippen molar-refractivity contribution in [1.82, 2.24) is 5.01 Å². The fraction of sp³-hybridized carbons (Fsp3) is 0.227. The van der Waals surface area contributed by atoms with Gasteiger partial charge >= 0.3 is 0 Å². The normalized spacial score (nSPS) is 15.1. The number of benzene rings is 2. The molecule has 0 aliphatic carbocycles. The Balaban J connectivity index is 1.75. The SMILES string of the molecule is CCOc1ccccc1N1CC=C2N=CC=C(c3ccc(OC)c(OC)c3)N21. The van der Waals surface area contributed by atoms with Gasteiger partial charge < -0.3 is 14.2 Å². The molecular formula is C22H23N3O3. The highest BCUT2D eigenvalue weighted by Crippen LogP contribution is 2.40. The summed E-state index contributed by atoms with van der Waals surface area (Å²) in [6.07, 6.45) is 5.93. The van der Waals surface area contributed by atoms with Crippen LogP contribution in [0.5, 0.6) is 17.2 Å². The topological polar surface area (TPSA) is 46.5 Å². The van der Waals surface area contributed by atoms with Crippen LogP contribution in [0.25, 0.3) is 5.70 Å². The van der Waals surface area contributed by atoms with Gasteiger partial charge in [0.2, 0.25) is 0 Å². The standard InChI is InChI=1S/C22H23N3O3/c1-4-28-19-8-6-5-7-18(19)24-14-12-22-23-13-11-17(25(22)24)16-9-10-20(26-2)21(15-16)27-3/h5-13,15H,4,14H2,1-3H3. The summed E-state index contributed by atoms with van der Waals surface area (Å²) >= 11 is 0. The zero-order valence-corrected chi connectivity index (χ0v) is 16.3. The van der Waals surface area contributed by atoms with Crippen molar-refractivity contribution in [2.45, 2.75) is 6.92 Å². The fourth-order valence-corrected chi connectivity index (χ4v) is 3.44. The van der Waals surface area contributed by atoms with Crippen molar-refractivity contribution in [2.24, 2.45) is 4.99 Å². The Kier molecular flexibility index (Phi) is 4.93. The predicted molar refractivity (Wildman–Crippen MR) is 111 cm³/mol. The lowest BCUT2D eigenvalue weighted by Crippen LogP contribution is -2.37. The molecule has 0 N–H and O–H groups in total. The van der Waals surface area contributed by atoms with Gasteiger partial charge in [-0.15, -0.1) is 0 Å². The molecule has 0 atom stereocenters. The molecule has 2 aliphatic heterocycles. The lowest BCUT2D eigenvalue weighted by atomic mass is 10.1. The number of hydrogen-bond donors (Lipinski definition) is 0. The molecule has 144 valence electrons. The number of para-hydroxylation sites is 2. The maximum absolute atomic E-state index is 5.85. The van der Waals surface area contributed by atoms with E-state index in [4.69, 9.17) is 14.2 Å². The molecule has 4 rings (SSSR count). The number of anilines is 1. The van der Waals surface area contributed by atoms with Gasteiger partial charge in [0.15, 0.2) is 11.5 Å². The largest absolute Gasteiger partial charge is 0.493 e. The van der Waals surface area contributed by atoms with Crippen LogP contribution in [0.15, 0.2) is 65.4 Å². The van der Waals surface area contributed by atoms with Gasteiger partial charge in [-0.1, -0.05) is 12.1 Å². The van der Waals surface area contributed by atoms with E-state index in [1.807, 2.05) is 55.6 Å². The van der Waals surface area contributed by atoms with Crippen molar-refractivity contribution in [3.05, 3.63) is 66.0 Å². The van der Waals surface area contributed by atoms with E-state index in [0.717, 1.165) is 28.5 Å². The first-order chi connectivity index (χ1) is 13.8. The molecule has 28 heavy (non-hydrogen) atoms. The summed E-state index contributed by atoms with van der Waals surface area (Å²) in [7, 11) is 3.28. The second-order valence-electron chi connectivity index (χ2n) is 6.26. The van der Waals surface area contributed by atoms with Crippen LogP contribution >= 0.6 is 0 Å². The van der Waals surface area contributed by atoms with E-state index < -0.39 is 0 Å². The first-order valence-corrected chi connectivity index (χ1v) is 9.23. The van der Waals surface area contributed by atoms with E-state index in [0.29, 0.717) is 24.7 Å². The minimum absolute atomic E-state index is 0.613. The van der Waals surface area contributed by atoms with E-state index in [1.54, 1.807) is 14.2 Å². The van der Waals surface area contributed by atoms with Crippen LogP contribution in [0.4, 0.5) is 5.69 Å². The zero-order chi connectivity index (χ0) is 19.5. The molecule has 0 saturated carbocycles. The molecule has 6 heteroatoms. The van der Waals surface area contributed by atoms with E-state index in [-0.39, 0.29) is 0 Å². The summed E-state index contributed by atoms with van der Waals surface area (Å²) in [5.41, 5.74) is 3.01. The average molecular weight is 377 g/mol. The number of fused-ring (bicyclic) bond motifs is 1. The minimum atomic E-state index is 0.613. The Morgan fingerprint density at radius 1 is 1.00 bits per heavy atom. The van der Waals surface area contributed by atoms with Crippen LogP contribution in [0.1, 0.15) is 12.5 Å². The second-order valence-corrected chi connectivity index (χ2v) is 6.26. The number of allylic oxidation sites excluding steroid dienone is 1. The quantitative estimate of drug-likeness (QED) is 0.758. The van der Waals surface area contributed by atoms with Gasteiger partial charge in [0.1, 0.15) is 17.3 Å². The lowest BCUT2D eigenvalue weighted by molar-refractivity contribution is 0.337. The van der Waals surface area contributed by atoms with Gasteiger partial charge in [0.25, 0.3) is 0 Å². The Morgan fingerprint density at radius 3 is 2.61 bits per heavy atom. The number of hydrogen-bond acceptors (Lipinski definition) is 6. The Hall–Kier alpha value is -3.41. The van der Waals surface area contributed by atoms with Crippen LogP contribution in [0.2, 0.25) is 0 Å². The summed E-state index contributed by atoms with van der Waals surface area (Å²) in [6.45, 7) is 3.31. The van der Waals surface area contributed by atoms with Gasteiger partial charge in [0.05, 0.1) is 33.1 Å². The first kappa shape index (κ1) is 18.0. The van der Waals surface area contributed by atoms with Crippen LogP contribution in [0, 0.1) is 0 Å². The third-order valence-corrected chi connectivity index (χ3v) is 4.70. The summed E-state index contributed by atoms with van der Waals surface area (Å²) in [5, 5.41) is 4.28. The molecule has 0 spiro atoms. The molecule has 2 aromatic rings. The Morgan fingerprint density at radius 2 is 1.82 bits per heavy atom. The molecule has 2 aromatic carbocycles. The number of nitrogens with zero attached hydrogens (tertiary/aromatic N) is 3. The number of hydrazine groups is 1. The van der Waals surface area contributed by atoms with Gasteiger partial charge in [0, 0.05) is 11.8 Å². The highest BCUT2D eigenvalue weighted by molar-refractivity contribution is 5.89. The summed E-state index contributed by atoms with van der Waals surface area (Å²) < 4.78 is 16.7. The third-order valence-electron chi connectivity index (χ3n) is 4.70. The maximum atomic E-state index is 5.85. The maximum Gasteiger partial charge on any atom is 0.161 e.